The first-order valence-electron chi connectivity index (χ1n) is 3.94. The van der Waals surface area contributed by atoms with Crippen molar-refractivity contribution in [1.29, 1.82) is 0 Å². The van der Waals surface area contributed by atoms with E-state index in [1.807, 2.05) is 0 Å². The minimum absolute atomic E-state index is 0.00638. The summed E-state index contributed by atoms with van der Waals surface area (Å²) in [7, 11) is 0. The average Bonchev–Trinajstić information content (AvgIpc) is 2.13. The highest BCUT2D eigenvalue weighted by molar-refractivity contribution is 9.11. The number of hydrogen-bond donors (Lipinski definition) is 2. The third-order valence-electron chi connectivity index (χ3n) is 1.52. The van der Waals surface area contributed by atoms with Crippen LogP contribution in [0, 0.1) is 0 Å². The molecule has 0 saturated carbocycles. The Morgan fingerprint density at radius 1 is 1.36 bits per heavy atom. The summed E-state index contributed by atoms with van der Waals surface area (Å²) in [4.78, 5) is 3.93. The second-order valence-corrected chi connectivity index (χ2v) is 4.35. The number of phenolic OH excluding ortho intramolecular Hbond substituents is 1. The molecule has 0 spiro atoms. The first kappa shape index (κ1) is 11.7. The highest BCUT2D eigenvalue weighted by Gasteiger charge is 2.04. The molecule has 76 valence electrons. The van der Waals surface area contributed by atoms with Crippen molar-refractivity contribution in [2.45, 2.75) is 0 Å². The van der Waals surface area contributed by atoms with E-state index in [2.05, 4.69) is 36.9 Å². The van der Waals surface area contributed by atoms with Crippen LogP contribution in [0.15, 0.2) is 26.1 Å². The summed E-state index contributed by atoms with van der Waals surface area (Å²) in [6, 6.07) is 3.50. The molecule has 0 aliphatic heterocycles. The lowest BCUT2D eigenvalue weighted by Crippen LogP contribution is -1.90. The van der Waals surface area contributed by atoms with Gasteiger partial charge in [0.1, 0.15) is 5.75 Å². The molecule has 0 amide bonds. The highest BCUT2D eigenvalue weighted by atomic mass is 79.9. The molecule has 0 radical (unpaired) electrons. The van der Waals surface area contributed by atoms with Gasteiger partial charge in [0.15, 0.2) is 0 Å². The fraction of sp³-hybridized carbons (Fsp3) is 0.222. The number of aliphatic hydroxyl groups excluding tert-OH is 1. The van der Waals surface area contributed by atoms with Crippen molar-refractivity contribution in [1.82, 2.24) is 0 Å². The lowest BCUT2D eigenvalue weighted by atomic mass is 10.2. The molecule has 0 bridgehead atoms. The number of hydrogen-bond acceptors (Lipinski definition) is 3. The van der Waals surface area contributed by atoms with Gasteiger partial charge in [-0.05, 0) is 28.1 Å². The molecular formula is C9H9Br2NO2. The molecule has 1 aromatic carbocycles. The number of halogens is 2. The molecule has 14 heavy (non-hydrogen) atoms. The zero-order valence-corrected chi connectivity index (χ0v) is 10.4. The Bertz CT molecular complexity index is 353. The third-order valence-corrected chi connectivity index (χ3v) is 2.58. The zero-order valence-electron chi connectivity index (χ0n) is 7.24. The fourth-order valence-electron chi connectivity index (χ4n) is 0.905. The van der Waals surface area contributed by atoms with E-state index in [0.29, 0.717) is 16.6 Å². The Labute approximate surface area is 98.7 Å². The van der Waals surface area contributed by atoms with Gasteiger partial charge >= 0.3 is 0 Å². The molecule has 5 heteroatoms. The van der Waals surface area contributed by atoms with E-state index in [9.17, 15) is 5.11 Å². The summed E-state index contributed by atoms with van der Waals surface area (Å²) in [6.45, 7) is 0.343. The van der Waals surface area contributed by atoms with Gasteiger partial charge in [0.05, 0.1) is 17.6 Å². The quantitative estimate of drug-likeness (QED) is 0.839. The maximum atomic E-state index is 9.60. The topological polar surface area (TPSA) is 52.8 Å². The third kappa shape index (κ3) is 3.08. The standard InChI is InChI=1S/C9H9Br2NO2/c10-7-3-6(5-12-1-2-13)9(14)8(11)4-7/h3-5,13-14H,1-2H2. The van der Waals surface area contributed by atoms with Crippen molar-refractivity contribution in [2.24, 2.45) is 4.99 Å². The van der Waals surface area contributed by atoms with Gasteiger partial charge in [0.2, 0.25) is 0 Å². The molecule has 1 aromatic rings. The maximum absolute atomic E-state index is 9.60. The summed E-state index contributed by atoms with van der Waals surface area (Å²) in [5.74, 6) is 0.148. The minimum atomic E-state index is 0.00638. The molecule has 3 nitrogen and oxygen atoms in total. The van der Waals surface area contributed by atoms with Crippen molar-refractivity contribution in [2.75, 3.05) is 13.2 Å². The van der Waals surface area contributed by atoms with Crippen LogP contribution in [0.5, 0.6) is 5.75 Å². The van der Waals surface area contributed by atoms with Gasteiger partial charge in [-0.2, -0.15) is 0 Å². The summed E-state index contributed by atoms with van der Waals surface area (Å²) in [5, 5.41) is 18.1. The second kappa shape index (κ2) is 5.48. The largest absolute Gasteiger partial charge is 0.506 e. The van der Waals surface area contributed by atoms with Crippen LogP contribution >= 0.6 is 31.9 Å². The van der Waals surface area contributed by atoms with Crippen LogP contribution in [0.2, 0.25) is 0 Å². The molecule has 0 heterocycles. The molecule has 1 rings (SSSR count). The number of rotatable bonds is 3. The van der Waals surface area contributed by atoms with Crippen LogP contribution in [0.4, 0.5) is 0 Å². The average molecular weight is 323 g/mol. The Balaban J connectivity index is 2.96. The van der Waals surface area contributed by atoms with E-state index in [-0.39, 0.29) is 12.4 Å². The normalized spacial score (nSPS) is 11.1. The summed E-state index contributed by atoms with van der Waals surface area (Å²) < 4.78 is 1.46. The van der Waals surface area contributed by atoms with E-state index in [1.54, 1.807) is 12.1 Å². The first-order chi connectivity index (χ1) is 6.65. The van der Waals surface area contributed by atoms with E-state index in [1.165, 1.54) is 6.21 Å². The lowest BCUT2D eigenvalue weighted by Gasteiger charge is -2.02. The van der Waals surface area contributed by atoms with Crippen molar-refractivity contribution in [3.8, 4) is 5.75 Å². The van der Waals surface area contributed by atoms with Crippen LogP contribution in [-0.4, -0.2) is 29.6 Å². The molecule has 0 saturated heterocycles. The number of aliphatic imine (C=N–C) groups is 1. The van der Waals surface area contributed by atoms with Crippen molar-refractivity contribution in [3.05, 3.63) is 26.6 Å². The molecule has 0 aromatic heterocycles. The van der Waals surface area contributed by atoms with Crippen molar-refractivity contribution in [3.63, 3.8) is 0 Å². The predicted octanol–water partition coefficient (Wildman–Crippen LogP) is 2.33. The fourth-order valence-corrected chi connectivity index (χ4v) is 2.16. The van der Waals surface area contributed by atoms with Gasteiger partial charge in [0.25, 0.3) is 0 Å². The number of nitrogens with zero attached hydrogens (tertiary/aromatic N) is 1. The van der Waals surface area contributed by atoms with Gasteiger partial charge in [0, 0.05) is 16.3 Å². The Morgan fingerprint density at radius 2 is 2.07 bits per heavy atom. The number of phenols is 1. The summed E-state index contributed by atoms with van der Waals surface area (Å²) >= 11 is 6.52. The summed E-state index contributed by atoms with van der Waals surface area (Å²) in [6.07, 6.45) is 1.53. The molecule has 2 N–H and O–H groups in total. The second-order valence-electron chi connectivity index (χ2n) is 2.58. The Hall–Kier alpha value is -0.390. The molecule has 0 atom stereocenters. The minimum Gasteiger partial charge on any atom is -0.506 e. The number of benzene rings is 1. The number of aliphatic hydroxyl groups is 1. The van der Waals surface area contributed by atoms with Crippen LogP contribution in [0.3, 0.4) is 0 Å². The molecule has 0 aliphatic rings. The zero-order chi connectivity index (χ0) is 10.6. The smallest absolute Gasteiger partial charge is 0.138 e. The first-order valence-corrected chi connectivity index (χ1v) is 5.52. The number of aromatic hydroxyl groups is 1. The maximum Gasteiger partial charge on any atom is 0.138 e. The van der Waals surface area contributed by atoms with Crippen molar-refractivity contribution < 1.29 is 10.2 Å². The van der Waals surface area contributed by atoms with Crippen LogP contribution in [0.1, 0.15) is 5.56 Å². The van der Waals surface area contributed by atoms with Gasteiger partial charge in [-0.3, -0.25) is 4.99 Å². The molecular weight excluding hydrogens is 314 g/mol. The Morgan fingerprint density at radius 3 is 2.71 bits per heavy atom. The monoisotopic (exact) mass is 321 g/mol. The molecule has 0 unspecified atom stereocenters. The van der Waals surface area contributed by atoms with E-state index < -0.39 is 0 Å². The Kier molecular flexibility index (Phi) is 4.57. The van der Waals surface area contributed by atoms with Crippen LogP contribution < -0.4 is 0 Å². The lowest BCUT2D eigenvalue weighted by molar-refractivity contribution is 0.307. The van der Waals surface area contributed by atoms with Crippen LogP contribution in [0.25, 0.3) is 0 Å². The summed E-state index contributed by atoms with van der Waals surface area (Å²) in [5.41, 5.74) is 0.611. The van der Waals surface area contributed by atoms with E-state index in [0.717, 1.165) is 4.47 Å². The van der Waals surface area contributed by atoms with Gasteiger partial charge in [-0.25, -0.2) is 0 Å². The van der Waals surface area contributed by atoms with Gasteiger partial charge in [-0.15, -0.1) is 0 Å². The van der Waals surface area contributed by atoms with Gasteiger partial charge in [-0.1, -0.05) is 15.9 Å². The van der Waals surface area contributed by atoms with Gasteiger partial charge < -0.3 is 10.2 Å². The van der Waals surface area contributed by atoms with E-state index in [4.69, 9.17) is 5.11 Å². The SMILES string of the molecule is OCCN=Cc1cc(Br)cc(Br)c1O. The van der Waals surface area contributed by atoms with Crippen LogP contribution in [-0.2, 0) is 0 Å². The highest BCUT2D eigenvalue weighted by Crippen LogP contribution is 2.30. The molecule has 0 aliphatic carbocycles. The molecule has 0 fully saturated rings. The predicted molar refractivity (Wildman–Crippen MR) is 63.1 cm³/mol. The van der Waals surface area contributed by atoms with E-state index >= 15 is 0 Å². The van der Waals surface area contributed by atoms with Crippen molar-refractivity contribution >= 4 is 38.1 Å².